The van der Waals surface area contributed by atoms with Crippen LogP contribution in [0.1, 0.15) is 26.3 Å². The van der Waals surface area contributed by atoms with Gasteiger partial charge in [0.25, 0.3) is 0 Å². The summed E-state index contributed by atoms with van der Waals surface area (Å²) in [5.74, 6) is 2.82. The molecule has 1 rings (SSSR count). The highest BCUT2D eigenvalue weighted by molar-refractivity contribution is 6.30. The number of rotatable bonds is 4. The molecule has 0 spiro atoms. The van der Waals surface area contributed by atoms with Crippen LogP contribution in [0.3, 0.4) is 0 Å². The molecule has 0 atom stereocenters. The van der Waals surface area contributed by atoms with Crippen molar-refractivity contribution < 1.29 is 0 Å². The van der Waals surface area contributed by atoms with Crippen molar-refractivity contribution in [3.63, 3.8) is 0 Å². The van der Waals surface area contributed by atoms with Gasteiger partial charge in [0.1, 0.15) is 0 Å². The Morgan fingerprint density at radius 2 is 2.12 bits per heavy atom. The lowest BCUT2D eigenvalue weighted by Crippen LogP contribution is -2.41. The smallest absolute Gasteiger partial charge is 0.0768 e. The number of terminal acetylenes is 1. The molecule has 0 heterocycles. The van der Waals surface area contributed by atoms with Crippen LogP contribution in [-0.2, 0) is 6.54 Å². The molecule has 0 radical (unpaired) electrons. The predicted molar refractivity (Wildman–Crippen MR) is 70.4 cm³/mol. The third-order valence-corrected chi connectivity index (χ3v) is 3.02. The molecule has 0 saturated heterocycles. The zero-order chi connectivity index (χ0) is 12.2. The monoisotopic (exact) mass is 235 g/mol. The molecule has 1 aromatic carbocycles. The normalized spacial score (nSPS) is 11.5. The molecule has 16 heavy (non-hydrogen) atoms. The molecule has 0 aromatic heterocycles. The molecule has 0 fully saturated rings. The molecule has 0 aliphatic carbocycles. The maximum Gasteiger partial charge on any atom is 0.0768 e. The highest BCUT2D eigenvalue weighted by Crippen LogP contribution is 2.18. The van der Waals surface area contributed by atoms with Gasteiger partial charge in [0.2, 0.25) is 0 Å². The van der Waals surface area contributed by atoms with Gasteiger partial charge in [0.15, 0.2) is 0 Å². The third kappa shape index (κ3) is 3.27. The average molecular weight is 236 g/mol. The van der Waals surface area contributed by atoms with Gasteiger partial charge >= 0.3 is 0 Å². The summed E-state index contributed by atoms with van der Waals surface area (Å²) in [5.41, 5.74) is 0.967. The fraction of sp³-hybridized carbons (Fsp3) is 0.429. The van der Waals surface area contributed by atoms with Crippen molar-refractivity contribution in [1.82, 2.24) is 4.90 Å². The van der Waals surface area contributed by atoms with Crippen LogP contribution in [0.5, 0.6) is 0 Å². The molecule has 2 heteroatoms. The Labute approximate surface area is 103 Å². The van der Waals surface area contributed by atoms with Gasteiger partial charge in [-0.05, 0) is 38.1 Å². The van der Waals surface area contributed by atoms with Crippen molar-refractivity contribution in [3.05, 3.63) is 34.9 Å². The van der Waals surface area contributed by atoms with Gasteiger partial charge in [-0.25, -0.2) is 0 Å². The number of benzene rings is 1. The second-order valence-electron chi connectivity index (χ2n) is 4.35. The molecular weight excluding hydrogens is 218 g/mol. The van der Waals surface area contributed by atoms with E-state index in [1.165, 1.54) is 5.56 Å². The fourth-order valence-corrected chi connectivity index (χ4v) is 1.86. The third-order valence-electron chi connectivity index (χ3n) is 2.79. The molecule has 0 aliphatic rings. The average Bonchev–Trinajstić information content (AvgIpc) is 2.25. The Hall–Kier alpha value is -0.970. The van der Waals surface area contributed by atoms with E-state index in [4.69, 9.17) is 18.0 Å². The number of hydrogen-bond donors (Lipinski definition) is 0. The lowest BCUT2D eigenvalue weighted by atomic mass is 10.0. The van der Waals surface area contributed by atoms with Crippen LogP contribution in [0.15, 0.2) is 24.3 Å². The lowest BCUT2D eigenvalue weighted by Gasteiger charge is -2.33. The molecular formula is C14H18ClN. The van der Waals surface area contributed by atoms with Crippen molar-refractivity contribution in [3.8, 4) is 12.3 Å². The van der Waals surface area contributed by atoms with Gasteiger partial charge in [0.05, 0.1) is 5.54 Å². The SMILES string of the molecule is C#CC(C)(C)N(CC)Cc1cccc(Cl)c1. The molecule has 0 unspecified atom stereocenters. The first-order chi connectivity index (χ1) is 7.49. The van der Waals surface area contributed by atoms with Crippen LogP contribution in [0, 0.1) is 12.3 Å². The van der Waals surface area contributed by atoms with E-state index in [-0.39, 0.29) is 5.54 Å². The first-order valence-corrected chi connectivity index (χ1v) is 5.84. The van der Waals surface area contributed by atoms with Gasteiger partial charge in [0, 0.05) is 11.6 Å². The standard InChI is InChI=1S/C14H18ClN/c1-5-14(3,4)16(6-2)11-12-8-7-9-13(15)10-12/h1,7-10H,6,11H2,2-4H3. The van der Waals surface area contributed by atoms with Crippen LogP contribution in [0.4, 0.5) is 0 Å². The summed E-state index contributed by atoms with van der Waals surface area (Å²) in [4.78, 5) is 2.25. The molecule has 0 amide bonds. The summed E-state index contributed by atoms with van der Waals surface area (Å²) in [6, 6.07) is 7.90. The van der Waals surface area contributed by atoms with Crippen molar-refractivity contribution in [2.75, 3.05) is 6.54 Å². The molecule has 0 saturated carbocycles. The van der Waals surface area contributed by atoms with Crippen molar-refractivity contribution in [2.45, 2.75) is 32.9 Å². The van der Waals surface area contributed by atoms with Crippen molar-refractivity contribution in [2.24, 2.45) is 0 Å². The Morgan fingerprint density at radius 1 is 1.44 bits per heavy atom. The van der Waals surface area contributed by atoms with Crippen molar-refractivity contribution in [1.29, 1.82) is 0 Å². The maximum absolute atomic E-state index is 5.96. The summed E-state index contributed by atoms with van der Waals surface area (Å²) >= 11 is 5.96. The molecule has 0 aliphatic heterocycles. The van der Waals surface area contributed by atoms with E-state index in [0.717, 1.165) is 18.1 Å². The van der Waals surface area contributed by atoms with Gasteiger partial charge in [-0.2, -0.15) is 0 Å². The zero-order valence-corrected chi connectivity index (χ0v) is 10.9. The van der Waals surface area contributed by atoms with Crippen LogP contribution in [0.2, 0.25) is 5.02 Å². The first kappa shape index (κ1) is 13.1. The quantitative estimate of drug-likeness (QED) is 0.722. The molecule has 0 bridgehead atoms. The summed E-state index contributed by atoms with van der Waals surface area (Å²) < 4.78 is 0. The Morgan fingerprint density at radius 3 is 2.62 bits per heavy atom. The van der Waals surface area contributed by atoms with E-state index in [9.17, 15) is 0 Å². The Kier molecular flexibility index (Phi) is 4.41. The zero-order valence-electron chi connectivity index (χ0n) is 10.1. The van der Waals surface area contributed by atoms with Crippen LogP contribution >= 0.6 is 11.6 Å². The lowest BCUT2D eigenvalue weighted by molar-refractivity contribution is 0.170. The van der Waals surface area contributed by atoms with Gasteiger partial charge in [-0.1, -0.05) is 36.6 Å². The summed E-state index contributed by atoms with van der Waals surface area (Å²) in [6.45, 7) is 7.98. The predicted octanol–water partition coefficient (Wildman–Crippen LogP) is 3.57. The van der Waals surface area contributed by atoms with E-state index >= 15 is 0 Å². The highest BCUT2D eigenvalue weighted by atomic mass is 35.5. The molecule has 1 aromatic rings. The van der Waals surface area contributed by atoms with Gasteiger partial charge < -0.3 is 0 Å². The number of halogens is 1. The first-order valence-electron chi connectivity index (χ1n) is 5.47. The van der Waals surface area contributed by atoms with E-state index in [1.807, 2.05) is 18.2 Å². The topological polar surface area (TPSA) is 3.24 Å². The summed E-state index contributed by atoms with van der Waals surface area (Å²) in [5, 5.41) is 0.770. The Bertz CT molecular complexity index is 390. The molecule has 0 N–H and O–H groups in total. The van der Waals surface area contributed by atoms with Crippen LogP contribution < -0.4 is 0 Å². The fourth-order valence-electron chi connectivity index (χ4n) is 1.65. The molecule has 1 nitrogen and oxygen atoms in total. The Balaban J connectivity index is 2.83. The number of hydrogen-bond acceptors (Lipinski definition) is 1. The second-order valence-corrected chi connectivity index (χ2v) is 4.78. The minimum Gasteiger partial charge on any atom is -0.284 e. The minimum absolute atomic E-state index is 0.225. The van der Waals surface area contributed by atoms with Crippen LogP contribution in [0.25, 0.3) is 0 Å². The second kappa shape index (κ2) is 5.39. The summed E-state index contributed by atoms with van der Waals surface area (Å²) in [7, 11) is 0. The van der Waals surface area contributed by atoms with E-state index in [2.05, 4.69) is 37.7 Å². The van der Waals surface area contributed by atoms with Gasteiger partial charge in [-0.15, -0.1) is 6.42 Å². The highest BCUT2D eigenvalue weighted by Gasteiger charge is 2.22. The maximum atomic E-state index is 5.96. The largest absolute Gasteiger partial charge is 0.284 e. The van der Waals surface area contributed by atoms with E-state index < -0.39 is 0 Å². The number of nitrogens with zero attached hydrogens (tertiary/aromatic N) is 1. The van der Waals surface area contributed by atoms with E-state index in [1.54, 1.807) is 0 Å². The molecule has 86 valence electrons. The van der Waals surface area contributed by atoms with E-state index in [0.29, 0.717) is 0 Å². The minimum atomic E-state index is -0.225. The summed E-state index contributed by atoms with van der Waals surface area (Å²) in [6.07, 6.45) is 5.55. The van der Waals surface area contributed by atoms with Gasteiger partial charge in [-0.3, -0.25) is 4.90 Å². The van der Waals surface area contributed by atoms with Crippen LogP contribution in [-0.4, -0.2) is 17.0 Å². The van der Waals surface area contributed by atoms with Crippen molar-refractivity contribution >= 4 is 11.6 Å².